The molecule has 0 aromatic carbocycles. The van der Waals surface area contributed by atoms with Crippen molar-refractivity contribution >= 4 is 12.0 Å². The summed E-state index contributed by atoms with van der Waals surface area (Å²) in [6.45, 7) is 5.80. The number of carbonyl (C=O) groups excluding carboxylic acids is 1. The number of hydrogen-bond donors (Lipinski definition) is 2. The average molecular weight is 298 g/mol. The van der Waals surface area contributed by atoms with Gasteiger partial charge >= 0.3 is 12.0 Å². The highest BCUT2D eigenvalue weighted by molar-refractivity contribution is 5.77. The van der Waals surface area contributed by atoms with E-state index in [9.17, 15) is 19.8 Å². The lowest BCUT2D eigenvalue weighted by Gasteiger charge is -2.38. The molecule has 21 heavy (non-hydrogen) atoms. The van der Waals surface area contributed by atoms with Gasteiger partial charge < -0.3 is 20.0 Å². The summed E-state index contributed by atoms with van der Waals surface area (Å²) in [6.07, 6.45) is 3.12. The zero-order chi connectivity index (χ0) is 15.7. The number of carboxylic acid groups (broad SMARTS) is 1. The number of aliphatic hydroxyl groups is 1. The lowest BCUT2D eigenvalue weighted by atomic mass is 9.80. The first-order valence-electron chi connectivity index (χ1n) is 7.73. The van der Waals surface area contributed by atoms with Crippen LogP contribution in [0.1, 0.15) is 46.0 Å². The van der Waals surface area contributed by atoms with E-state index in [1.165, 1.54) is 0 Å². The highest BCUT2D eigenvalue weighted by Gasteiger charge is 2.39. The third kappa shape index (κ3) is 3.67. The first-order chi connectivity index (χ1) is 9.73. The van der Waals surface area contributed by atoms with Crippen LogP contribution < -0.4 is 0 Å². The second-order valence-electron chi connectivity index (χ2n) is 6.97. The maximum atomic E-state index is 12.5. The normalized spacial score (nSPS) is 29.9. The zero-order valence-electron chi connectivity index (χ0n) is 13.0. The van der Waals surface area contributed by atoms with Crippen molar-refractivity contribution in [3.05, 3.63) is 0 Å². The van der Waals surface area contributed by atoms with Gasteiger partial charge in [-0.15, -0.1) is 0 Å². The van der Waals surface area contributed by atoms with E-state index in [1.54, 1.807) is 16.7 Å². The minimum Gasteiger partial charge on any atom is -0.481 e. The van der Waals surface area contributed by atoms with Crippen LogP contribution in [0.2, 0.25) is 0 Å². The van der Waals surface area contributed by atoms with Crippen molar-refractivity contribution in [1.82, 2.24) is 9.80 Å². The van der Waals surface area contributed by atoms with Gasteiger partial charge in [-0.3, -0.25) is 4.79 Å². The summed E-state index contributed by atoms with van der Waals surface area (Å²) in [5.74, 6) is -0.777. The second-order valence-corrected chi connectivity index (χ2v) is 6.97. The number of hydrogen-bond acceptors (Lipinski definition) is 3. The summed E-state index contributed by atoms with van der Waals surface area (Å²) in [5.41, 5.74) is -1.39. The Morgan fingerprint density at radius 1 is 0.905 bits per heavy atom. The molecule has 0 radical (unpaired) electrons. The van der Waals surface area contributed by atoms with Gasteiger partial charge in [0.25, 0.3) is 0 Å². The third-order valence-corrected chi connectivity index (χ3v) is 4.99. The van der Waals surface area contributed by atoms with Crippen molar-refractivity contribution < 1.29 is 19.8 Å². The van der Waals surface area contributed by atoms with Crippen molar-refractivity contribution in [2.75, 3.05) is 26.2 Å². The second kappa shape index (κ2) is 5.83. The van der Waals surface area contributed by atoms with E-state index in [1.807, 2.05) is 6.92 Å². The fourth-order valence-corrected chi connectivity index (χ4v) is 3.06. The van der Waals surface area contributed by atoms with Crippen LogP contribution in [-0.2, 0) is 4.79 Å². The maximum absolute atomic E-state index is 12.5. The Bertz CT molecular complexity index is 414. The van der Waals surface area contributed by atoms with Gasteiger partial charge in [0.2, 0.25) is 0 Å². The van der Waals surface area contributed by atoms with Gasteiger partial charge in [-0.2, -0.15) is 0 Å². The molecule has 6 heteroatoms. The van der Waals surface area contributed by atoms with Crippen LogP contribution in [0.4, 0.5) is 4.79 Å². The lowest BCUT2D eigenvalue weighted by molar-refractivity contribution is -0.150. The van der Waals surface area contributed by atoms with Gasteiger partial charge in [-0.05, 0) is 46.0 Å². The monoisotopic (exact) mass is 298 g/mol. The molecule has 2 heterocycles. The van der Waals surface area contributed by atoms with Gasteiger partial charge in [0.15, 0.2) is 0 Å². The largest absolute Gasteiger partial charge is 0.481 e. The maximum Gasteiger partial charge on any atom is 0.320 e. The molecule has 2 rings (SSSR count). The number of nitrogens with zero attached hydrogens (tertiary/aromatic N) is 2. The van der Waals surface area contributed by atoms with Crippen molar-refractivity contribution in [3.63, 3.8) is 0 Å². The first-order valence-corrected chi connectivity index (χ1v) is 7.73. The van der Waals surface area contributed by atoms with Crippen LogP contribution in [0.3, 0.4) is 0 Å². The predicted octanol–water partition coefficient (Wildman–Crippen LogP) is 1.53. The Morgan fingerprint density at radius 2 is 1.43 bits per heavy atom. The van der Waals surface area contributed by atoms with Crippen LogP contribution in [0.25, 0.3) is 0 Å². The van der Waals surface area contributed by atoms with Crippen LogP contribution in [-0.4, -0.2) is 63.8 Å². The van der Waals surface area contributed by atoms with Crippen molar-refractivity contribution in [2.24, 2.45) is 5.41 Å². The van der Waals surface area contributed by atoms with Gasteiger partial charge in [-0.1, -0.05) is 0 Å². The topological polar surface area (TPSA) is 81.1 Å². The highest BCUT2D eigenvalue weighted by atomic mass is 16.4. The molecule has 0 saturated carbocycles. The fourth-order valence-electron chi connectivity index (χ4n) is 3.06. The average Bonchev–Trinajstić information content (AvgIpc) is 2.60. The predicted molar refractivity (Wildman–Crippen MR) is 78.0 cm³/mol. The van der Waals surface area contributed by atoms with E-state index in [-0.39, 0.29) is 6.03 Å². The Hall–Kier alpha value is -1.30. The van der Waals surface area contributed by atoms with Crippen molar-refractivity contribution in [3.8, 4) is 0 Å². The minimum atomic E-state index is -0.777. The molecule has 120 valence electrons. The molecule has 2 N–H and O–H groups in total. The zero-order valence-corrected chi connectivity index (χ0v) is 13.0. The van der Waals surface area contributed by atoms with E-state index in [0.29, 0.717) is 51.9 Å². The molecular weight excluding hydrogens is 272 g/mol. The molecule has 0 aliphatic carbocycles. The van der Waals surface area contributed by atoms with Crippen LogP contribution in [0.15, 0.2) is 0 Å². The number of carboxylic acids is 1. The van der Waals surface area contributed by atoms with E-state index >= 15 is 0 Å². The van der Waals surface area contributed by atoms with Gasteiger partial charge in [0, 0.05) is 26.2 Å². The highest BCUT2D eigenvalue weighted by Crippen LogP contribution is 2.32. The SMILES string of the molecule is CC1(O)CCCN(C(=O)N2CCC(C)(C(=O)O)CC2)CC1. The molecule has 2 fully saturated rings. The number of amides is 2. The number of carbonyl (C=O) groups is 2. The summed E-state index contributed by atoms with van der Waals surface area (Å²) in [4.78, 5) is 27.3. The lowest BCUT2D eigenvalue weighted by Crippen LogP contribution is -2.50. The molecule has 0 aromatic rings. The first kappa shape index (κ1) is 16.1. The summed E-state index contributed by atoms with van der Waals surface area (Å²) in [7, 11) is 0. The Labute approximate surface area is 125 Å². The standard InChI is InChI=1S/C15H26N2O4/c1-14(12(18)19)5-9-17(10-6-14)13(20)16-8-3-4-15(2,21)7-11-16/h21H,3-11H2,1-2H3,(H,18,19). The van der Waals surface area contributed by atoms with E-state index < -0.39 is 17.0 Å². The number of piperidine rings is 1. The summed E-state index contributed by atoms with van der Waals surface area (Å²) >= 11 is 0. The Balaban J connectivity index is 1.91. The molecule has 1 unspecified atom stereocenters. The molecular formula is C15H26N2O4. The van der Waals surface area contributed by atoms with Crippen LogP contribution in [0, 0.1) is 5.41 Å². The minimum absolute atomic E-state index is 0.0138. The van der Waals surface area contributed by atoms with Crippen LogP contribution >= 0.6 is 0 Å². The van der Waals surface area contributed by atoms with Gasteiger partial charge in [-0.25, -0.2) is 4.79 Å². The number of rotatable bonds is 1. The number of likely N-dealkylation sites (tertiary alicyclic amines) is 2. The molecule has 6 nitrogen and oxygen atoms in total. The Kier molecular flexibility index (Phi) is 4.46. The summed E-state index contributed by atoms with van der Waals surface area (Å²) in [6, 6.07) is -0.0138. The molecule has 1 atom stereocenters. The summed E-state index contributed by atoms with van der Waals surface area (Å²) < 4.78 is 0. The molecule has 2 saturated heterocycles. The molecule has 2 aliphatic heterocycles. The smallest absolute Gasteiger partial charge is 0.320 e. The van der Waals surface area contributed by atoms with Crippen molar-refractivity contribution in [1.29, 1.82) is 0 Å². The van der Waals surface area contributed by atoms with Gasteiger partial charge in [0.05, 0.1) is 11.0 Å². The summed E-state index contributed by atoms with van der Waals surface area (Å²) in [5, 5.41) is 19.3. The van der Waals surface area contributed by atoms with Crippen LogP contribution in [0.5, 0.6) is 0 Å². The number of aliphatic carboxylic acids is 1. The molecule has 0 aromatic heterocycles. The van der Waals surface area contributed by atoms with Crippen molar-refractivity contribution in [2.45, 2.75) is 51.6 Å². The van der Waals surface area contributed by atoms with E-state index in [0.717, 1.165) is 6.42 Å². The van der Waals surface area contributed by atoms with E-state index in [4.69, 9.17) is 0 Å². The van der Waals surface area contributed by atoms with E-state index in [2.05, 4.69) is 0 Å². The fraction of sp³-hybridized carbons (Fsp3) is 0.867. The molecule has 2 amide bonds. The molecule has 0 spiro atoms. The molecule has 0 bridgehead atoms. The quantitative estimate of drug-likeness (QED) is 0.769. The Morgan fingerprint density at radius 3 is 2.00 bits per heavy atom. The molecule has 2 aliphatic rings. The third-order valence-electron chi connectivity index (χ3n) is 4.99. The van der Waals surface area contributed by atoms with Gasteiger partial charge in [0.1, 0.15) is 0 Å². The number of urea groups is 1.